The zero-order valence-corrected chi connectivity index (χ0v) is 10.5. The lowest BCUT2D eigenvalue weighted by Crippen LogP contribution is -2.39. The molecule has 2 nitrogen and oxygen atoms in total. The topological polar surface area (TPSA) is 23.5 Å². The second-order valence-corrected chi connectivity index (χ2v) is 5.31. The number of aliphatic hydroxyl groups is 1. The highest BCUT2D eigenvalue weighted by Crippen LogP contribution is 2.23. The van der Waals surface area contributed by atoms with Crippen LogP contribution in [-0.4, -0.2) is 36.2 Å². The highest BCUT2D eigenvalue weighted by Gasteiger charge is 2.23. The van der Waals surface area contributed by atoms with Gasteiger partial charge >= 0.3 is 0 Å². The summed E-state index contributed by atoms with van der Waals surface area (Å²) >= 11 is 0. The van der Waals surface area contributed by atoms with E-state index < -0.39 is 0 Å². The molecule has 1 unspecified atom stereocenters. The number of aliphatic hydroxyl groups excluding tert-OH is 1. The number of nitrogens with zero attached hydrogens (tertiary/aromatic N) is 1. The van der Waals surface area contributed by atoms with E-state index in [0.717, 1.165) is 19.4 Å². The quantitative estimate of drug-likeness (QED) is 0.668. The minimum atomic E-state index is 0.332. The lowest BCUT2D eigenvalue weighted by atomic mass is 9.87. The first-order chi connectivity index (χ1) is 6.39. The van der Waals surface area contributed by atoms with Gasteiger partial charge in [-0.2, -0.15) is 0 Å². The summed E-state index contributed by atoms with van der Waals surface area (Å²) in [5, 5.41) is 8.66. The number of unbranched alkanes of at least 4 members (excludes halogenated alkanes) is 2. The Labute approximate surface area is 89.3 Å². The molecular formula is C12H27NO. The molecule has 0 rings (SSSR count). The van der Waals surface area contributed by atoms with Gasteiger partial charge in [0.1, 0.15) is 0 Å². The molecule has 0 aliphatic rings. The van der Waals surface area contributed by atoms with Crippen LogP contribution in [-0.2, 0) is 0 Å². The molecular weight excluding hydrogens is 174 g/mol. The number of hydrogen-bond donors (Lipinski definition) is 1. The van der Waals surface area contributed by atoms with Crippen molar-refractivity contribution in [3.8, 4) is 0 Å². The lowest BCUT2D eigenvalue weighted by molar-refractivity contribution is 0.138. The first kappa shape index (κ1) is 13.9. The molecule has 0 spiro atoms. The van der Waals surface area contributed by atoms with Gasteiger partial charge in [-0.3, -0.25) is 0 Å². The smallest absolute Gasteiger partial charge is 0.0431 e. The summed E-state index contributed by atoms with van der Waals surface area (Å²) < 4.78 is 0. The van der Waals surface area contributed by atoms with Gasteiger partial charge in [-0.25, -0.2) is 0 Å². The Bertz CT molecular complexity index is 140. The molecule has 0 aromatic rings. The molecule has 1 atom stereocenters. The summed E-state index contributed by atoms with van der Waals surface area (Å²) in [6.07, 6.45) is 3.27. The van der Waals surface area contributed by atoms with Crippen molar-refractivity contribution >= 4 is 0 Å². The van der Waals surface area contributed by atoms with E-state index >= 15 is 0 Å². The van der Waals surface area contributed by atoms with E-state index in [1.54, 1.807) is 0 Å². The molecule has 0 saturated heterocycles. The summed E-state index contributed by atoms with van der Waals surface area (Å²) in [5.74, 6) is 0. The van der Waals surface area contributed by atoms with Gasteiger partial charge in [0, 0.05) is 12.6 Å². The van der Waals surface area contributed by atoms with E-state index in [1.165, 1.54) is 6.42 Å². The van der Waals surface area contributed by atoms with Gasteiger partial charge < -0.3 is 10.0 Å². The van der Waals surface area contributed by atoms with Gasteiger partial charge in [0.2, 0.25) is 0 Å². The summed E-state index contributed by atoms with van der Waals surface area (Å²) in [7, 11) is 2.19. The lowest BCUT2D eigenvalue weighted by Gasteiger charge is -2.35. The van der Waals surface area contributed by atoms with Crippen molar-refractivity contribution in [2.45, 2.75) is 53.0 Å². The minimum absolute atomic E-state index is 0.332. The normalized spacial score (nSPS) is 14.8. The largest absolute Gasteiger partial charge is 0.396 e. The van der Waals surface area contributed by atoms with Crippen LogP contribution in [0.1, 0.15) is 47.0 Å². The maximum absolute atomic E-state index is 8.66. The van der Waals surface area contributed by atoms with Crippen molar-refractivity contribution in [2.24, 2.45) is 5.41 Å². The first-order valence-corrected chi connectivity index (χ1v) is 5.70. The second kappa shape index (κ2) is 6.41. The fourth-order valence-corrected chi connectivity index (χ4v) is 1.50. The van der Waals surface area contributed by atoms with E-state index in [0.29, 0.717) is 18.1 Å². The van der Waals surface area contributed by atoms with Crippen molar-refractivity contribution < 1.29 is 5.11 Å². The van der Waals surface area contributed by atoms with Crippen LogP contribution in [0.15, 0.2) is 0 Å². The molecule has 0 saturated carbocycles. The van der Waals surface area contributed by atoms with Crippen LogP contribution in [0.5, 0.6) is 0 Å². The van der Waals surface area contributed by atoms with Crippen molar-refractivity contribution in [1.29, 1.82) is 0 Å². The van der Waals surface area contributed by atoms with Gasteiger partial charge in [0.25, 0.3) is 0 Å². The van der Waals surface area contributed by atoms with Crippen LogP contribution < -0.4 is 0 Å². The van der Waals surface area contributed by atoms with Crippen molar-refractivity contribution in [1.82, 2.24) is 4.90 Å². The fourth-order valence-electron chi connectivity index (χ4n) is 1.50. The molecule has 0 bridgehead atoms. The molecule has 0 aromatic heterocycles. The highest BCUT2D eigenvalue weighted by atomic mass is 16.2. The molecule has 0 fully saturated rings. The molecule has 0 radical (unpaired) electrons. The van der Waals surface area contributed by atoms with Crippen LogP contribution in [0.4, 0.5) is 0 Å². The van der Waals surface area contributed by atoms with Crippen LogP contribution >= 0.6 is 0 Å². The molecule has 0 aliphatic heterocycles. The van der Waals surface area contributed by atoms with E-state index in [9.17, 15) is 0 Å². The van der Waals surface area contributed by atoms with E-state index in [-0.39, 0.29) is 0 Å². The molecule has 86 valence electrons. The summed E-state index contributed by atoms with van der Waals surface area (Å²) in [6, 6.07) is 0.608. The Kier molecular flexibility index (Phi) is 6.38. The third-order valence-electron chi connectivity index (χ3n) is 3.08. The average Bonchev–Trinajstić information content (AvgIpc) is 2.09. The van der Waals surface area contributed by atoms with Crippen LogP contribution in [0, 0.1) is 5.41 Å². The van der Waals surface area contributed by atoms with E-state index in [2.05, 4.69) is 39.6 Å². The maximum atomic E-state index is 8.66. The van der Waals surface area contributed by atoms with E-state index in [1.807, 2.05) is 0 Å². The monoisotopic (exact) mass is 201 g/mol. The third-order valence-corrected chi connectivity index (χ3v) is 3.08. The van der Waals surface area contributed by atoms with Crippen molar-refractivity contribution in [2.75, 3.05) is 20.2 Å². The standard InChI is InChI=1S/C12H27NO/c1-11(12(2,3)4)13(5)9-7-6-8-10-14/h11,14H,6-10H2,1-5H3. The van der Waals surface area contributed by atoms with Gasteiger partial charge in [0.05, 0.1) is 0 Å². The zero-order valence-electron chi connectivity index (χ0n) is 10.5. The summed E-state index contributed by atoms with van der Waals surface area (Å²) in [6.45, 7) is 10.6. The van der Waals surface area contributed by atoms with E-state index in [4.69, 9.17) is 5.11 Å². The second-order valence-electron chi connectivity index (χ2n) is 5.31. The predicted molar refractivity (Wildman–Crippen MR) is 62.5 cm³/mol. The molecule has 0 aromatic carbocycles. The average molecular weight is 201 g/mol. The molecule has 1 N–H and O–H groups in total. The molecule has 0 heterocycles. The number of rotatable bonds is 6. The summed E-state index contributed by atoms with van der Waals surface area (Å²) in [5.41, 5.74) is 0.353. The summed E-state index contributed by atoms with van der Waals surface area (Å²) in [4.78, 5) is 2.41. The Morgan fingerprint density at radius 2 is 1.71 bits per heavy atom. The van der Waals surface area contributed by atoms with Gasteiger partial charge in [-0.05, 0) is 45.2 Å². The van der Waals surface area contributed by atoms with Crippen LogP contribution in [0.25, 0.3) is 0 Å². The first-order valence-electron chi connectivity index (χ1n) is 5.70. The Hall–Kier alpha value is -0.0800. The van der Waals surface area contributed by atoms with Crippen LogP contribution in [0.3, 0.4) is 0 Å². The fraction of sp³-hybridized carbons (Fsp3) is 1.00. The Morgan fingerprint density at radius 1 is 1.14 bits per heavy atom. The molecule has 0 aliphatic carbocycles. The molecule has 0 amide bonds. The Balaban J connectivity index is 3.68. The predicted octanol–water partition coefficient (Wildman–Crippen LogP) is 2.52. The Morgan fingerprint density at radius 3 is 2.14 bits per heavy atom. The minimum Gasteiger partial charge on any atom is -0.396 e. The van der Waals surface area contributed by atoms with Crippen molar-refractivity contribution in [3.05, 3.63) is 0 Å². The highest BCUT2D eigenvalue weighted by molar-refractivity contribution is 4.77. The molecule has 2 heteroatoms. The van der Waals surface area contributed by atoms with Gasteiger partial charge in [-0.15, -0.1) is 0 Å². The number of hydrogen-bond acceptors (Lipinski definition) is 2. The zero-order chi connectivity index (χ0) is 11.2. The third kappa shape index (κ3) is 5.61. The van der Waals surface area contributed by atoms with Crippen molar-refractivity contribution in [3.63, 3.8) is 0 Å². The van der Waals surface area contributed by atoms with Gasteiger partial charge in [-0.1, -0.05) is 20.8 Å². The SMILES string of the molecule is CC(N(C)CCCCCO)C(C)(C)C. The van der Waals surface area contributed by atoms with Crippen LogP contribution in [0.2, 0.25) is 0 Å². The van der Waals surface area contributed by atoms with Gasteiger partial charge in [0.15, 0.2) is 0 Å². The molecule has 14 heavy (non-hydrogen) atoms. The maximum Gasteiger partial charge on any atom is 0.0431 e.